The fourth-order valence-corrected chi connectivity index (χ4v) is 8.37. The van der Waals surface area contributed by atoms with Crippen molar-refractivity contribution in [2.75, 3.05) is 20.3 Å². The molecule has 0 aliphatic heterocycles. The van der Waals surface area contributed by atoms with E-state index in [4.69, 9.17) is 37.9 Å². The summed E-state index contributed by atoms with van der Waals surface area (Å²) in [6.45, 7) is 13.2. The Bertz CT molecular complexity index is 1620. The highest BCUT2D eigenvalue weighted by atomic mass is 16.7. The van der Waals surface area contributed by atoms with Gasteiger partial charge in [-0.3, -0.25) is 14.4 Å². The number of unbranched alkanes of at least 4 members (excludes halogenated alkanes) is 22. The Morgan fingerprint density at radius 1 is 0.364 bits per heavy atom. The van der Waals surface area contributed by atoms with Gasteiger partial charge in [-0.05, 0) is 122 Å². The number of esters is 3. The van der Waals surface area contributed by atoms with E-state index in [1.165, 1.54) is 13.5 Å². The van der Waals surface area contributed by atoms with Gasteiger partial charge in [0.05, 0.1) is 39.1 Å². The molecule has 0 saturated carbocycles. The molecule has 0 aromatic rings. The molecule has 0 saturated heterocycles. The molecule has 0 aromatic heterocycles. The Kier molecular flexibility index (Phi) is 51.6. The van der Waals surface area contributed by atoms with Crippen molar-refractivity contribution in [2.24, 2.45) is 0 Å². The molecule has 0 spiro atoms. The van der Waals surface area contributed by atoms with Crippen molar-refractivity contribution in [1.82, 2.24) is 0 Å². The lowest BCUT2D eigenvalue weighted by Crippen LogP contribution is -2.17. The van der Waals surface area contributed by atoms with Crippen LogP contribution >= 0.6 is 0 Å². The van der Waals surface area contributed by atoms with Gasteiger partial charge in [0.25, 0.3) is 0 Å². The third-order valence-electron chi connectivity index (χ3n) is 12.8. The largest absolute Gasteiger partial charge is 0.513 e. The number of rotatable bonds is 53. The van der Waals surface area contributed by atoms with E-state index < -0.39 is 18.5 Å². The molecule has 0 radical (unpaired) electrons. The van der Waals surface area contributed by atoms with Crippen molar-refractivity contribution < 1.29 is 71.4 Å². The predicted molar refractivity (Wildman–Crippen MR) is 303 cm³/mol. The van der Waals surface area contributed by atoms with Gasteiger partial charge in [-0.1, -0.05) is 140 Å². The van der Waals surface area contributed by atoms with Crippen molar-refractivity contribution in [2.45, 2.75) is 263 Å². The quantitative estimate of drug-likeness (QED) is 0.0184. The summed E-state index contributed by atoms with van der Waals surface area (Å²) in [5, 5.41) is 0. The summed E-state index contributed by atoms with van der Waals surface area (Å²) in [4.78, 5) is 71.5. The molecule has 0 N–H and O–H groups in total. The summed E-state index contributed by atoms with van der Waals surface area (Å²) in [5.41, 5.74) is 0. The van der Waals surface area contributed by atoms with Gasteiger partial charge in [-0.2, -0.15) is 0 Å². The zero-order valence-corrected chi connectivity index (χ0v) is 47.8. The Balaban J connectivity index is 4.14. The first-order valence-corrected chi connectivity index (χ1v) is 29.4. The zero-order chi connectivity index (χ0) is 56.5. The van der Waals surface area contributed by atoms with Crippen LogP contribution in [0.5, 0.6) is 0 Å². The summed E-state index contributed by atoms with van der Waals surface area (Å²) >= 11 is 0. The highest BCUT2D eigenvalue weighted by Gasteiger charge is 2.16. The molecule has 0 bridgehead atoms. The smallest absolute Gasteiger partial charge is 0.469 e. The maximum Gasteiger partial charge on any atom is 0.513 e. The van der Waals surface area contributed by atoms with Crippen molar-refractivity contribution in [1.29, 1.82) is 0 Å². The molecule has 0 aromatic carbocycles. The normalized spacial score (nSPS) is 12.4. The Morgan fingerprint density at radius 3 is 0.987 bits per heavy atom. The van der Waals surface area contributed by atoms with Gasteiger partial charge in [0.1, 0.15) is 18.3 Å². The van der Waals surface area contributed by atoms with E-state index in [9.17, 15) is 28.8 Å². The van der Waals surface area contributed by atoms with Gasteiger partial charge in [0.2, 0.25) is 0 Å². The lowest BCUT2D eigenvalue weighted by atomic mass is 10.1. The van der Waals surface area contributed by atoms with E-state index in [-0.39, 0.29) is 36.2 Å². The number of ether oxygens (including phenoxy) is 9. The zero-order valence-electron chi connectivity index (χ0n) is 47.8. The maximum atomic E-state index is 12.3. The van der Waals surface area contributed by atoms with E-state index in [0.717, 1.165) is 199 Å². The topological polar surface area (TPSA) is 185 Å². The van der Waals surface area contributed by atoms with Crippen LogP contribution in [0, 0.1) is 0 Å². The van der Waals surface area contributed by atoms with E-state index >= 15 is 0 Å². The Labute approximate surface area is 464 Å². The number of carbonyl (C=O) groups is 6. The first-order chi connectivity index (χ1) is 37.6. The third-order valence-corrected chi connectivity index (χ3v) is 12.8. The molecule has 0 heterocycles. The van der Waals surface area contributed by atoms with E-state index in [0.29, 0.717) is 64.6 Å². The van der Waals surface area contributed by atoms with E-state index in [1.807, 2.05) is 12.2 Å². The summed E-state index contributed by atoms with van der Waals surface area (Å²) in [6, 6.07) is 0. The van der Waals surface area contributed by atoms with Crippen molar-refractivity contribution in [3.05, 3.63) is 75.0 Å². The van der Waals surface area contributed by atoms with Crippen molar-refractivity contribution in [3.8, 4) is 0 Å². The van der Waals surface area contributed by atoms with E-state index in [2.05, 4.69) is 55.7 Å². The maximum absolute atomic E-state index is 12.3. The highest BCUT2D eigenvalue weighted by molar-refractivity contribution is 5.69. The third kappa shape index (κ3) is 51.2. The van der Waals surface area contributed by atoms with Gasteiger partial charge >= 0.3 is 36.4 Å². The summed E-state index contributed by atoms with van der Waals surface area (Å²) < 4.78 is 46.3. The summed E-state index contributed by atoms with van der Waals surface area (Å²) in [6.07, 6.45) is 45.1. The monoisotopic (exact) mass is 1090 g/mol. The predicted octanol–water partition coefficient (Wildman–Crippen LogP) is 17.4. The molecule has 15 heteroatoms. The molecular weight excluding hydrogens is 985 g/mol. The number of carbonyl (C=O) groups excluding carboxylic acids is 6. The van der Waals surface area contributed by atoms with Crippen LogP contribution in [0.25, 0.3) is 0 Å². The first kappa shape index (κ1) is 71.7. The molecular formula is C62H102O15. The first-order valence-electron chi connectivity index (χ1n) is 29.4. The molecule has 0 fully saturated rings. The SMILES string of the molecule is C=COC(=O)OC(C/C=C\CCCCCCCC(=O)OCCCCCC(C/C=C\CCCCCCCC(=O)OCCCCCC(C/C=C\CCCCCCCC(=O)OC)OC(=O)OC=C)OC(=O)OC=C)CCCCCC. The van der Waals surface area contributed by atoms with Crippen LogP contribution in [-0.4, -0.2) is 75.0 Å². The number of allylic oxidation sites excluding steroid dienone is 3. The fourth-order valence-electron chi connectivity index (χ4n) is 8.37. The fraction of sp³-hybridized carbons (Fsp3) is 0.710. The minimum atomic E-state index is -0.770. The second-order valence-corrected chi connectivity index (χ2v) is 19.4. The molecule has 440 valence electrons. The lowest BCUT2D eigenvalue weighted by Gasteiger charge is -2.15. The van der Waals surface area contributed by atoms with Gasteiger partial charge in [0, 0.05) is 38.5 Å². The molecule has 0 aliphatic carbocycles. The van der Waals surface area contributed by atoms with Gasteiger partial charge in [0.15, 0.2) is 0 Å². The molecule has 77 heavy (non-hydrogen) atoms. The van der Waals surface area contributed by atoms with Crippen LogP contribution in [0.3, 0.4) is 0 Å². The second kappa shape index (κ2) is 55.4. The minimum absolute atomic E-state index is 0.157. The van der Waals surface area contributed by atoms with Crippen LogP contribution in [0.4, 0.5) is 14.4 Å². The molecule has 0 aliphatic rings. The molecule has 15 nitrogen and oxygen atoms in total. The van der Waals surface area contributed by atoms with Gasteiger partial charge in [-0.15, -0.1) is 0 Å². The van der Waals surface area contributed by atoms with Crippen LogP contribution in [-0.2, 0) is 57.0 Å². The Morgan fingerprint density at radius 2 is 0.662 bits per heavy atom. The average Bonchev–Trinajstić information content (AvgIpc) is 3.40. The van der Waals surface area contributed by atoms with E-state index in [1.54, 1.807) is 0 Å². The van der Waals surface area contributed by atoms with Crippen LogP contribution in [0.1, 0.15) is 244 Å². The lowest BCUT2D eigenvalue weighted by molar-refractivity contribution is -0.144. The standard InChI is InChI=1S/C62H102O15/c1-6-10-11-32-43-54(75-60(66)70-7-2)44-33-24-19-13-16-22-28-39-50-58(64)73-53-42-31-37-48-56(77-62(68)72-9-4)46-35-26-20-14-17-23-29-40-51-59(65)74-52-41-30-36-47-55(76-61(67)71-8-3)45-34-25-18-12-15-21-27-38-49-57(63)69-5/h7-9,24-26,33-35,54-56H,2-4,6,10-23,27-32,36-53H2,1,5H3/b33-24-,34-25-,35-26-. The van der Waals surface area contributed by atoms with Crippen LogP contribution in [0.15, 0.2) is 75.0 Å². The molecule has 3 unspecified atom stereocenters. The van der Waals surface area contributed by atoms with Crippen LogP contribution in [0.2, 0.25) is 0 Å². The van der Waals surface area contributed by atoms with Gasteiger partial charge in [-0.25, -0.2) is 14.4 Å². The molecule has 3 atom stereocenters. The molecule has 0 rings (SSSR count). The summed E-state index contributed by atoms with van der Waals surface area (Å²) in [5.74, 6) is -0.492. The molecule has 0 amide bonds. The Hall–Kier alpha value is -5.34. The number of hydrogen-bond donors (Lipinski definition) is 0. The van der Waals surface area contributed by atoms with Gasteiger partial charge < -0.3 is 42.6 Å². The second-order valence-electron chi connectivity index (χ2n) is 19.4. The highest BCUT2D eigenvalue weighted by Crippen LogP contribution is 2.18. The van der Waals surface area contributed by atoms with Crippen molar-refractivity contribution >= 4 is 36.4 Å². The number of hydrogen-bond acceptors (Lipinski definition) is 15. The number of methoxy groups -OCH3 is 1. The average molecular weight is 1090 g/mol. The van der Waals surface area contributed by atoms with Crippen molar-refractivity contribution in [3.63, 3.8) is 0 Å². The summed E-state index contributed by atoms with van der Waals surface area (Å²) in [7, 11) is 1.41. The minimum Gasteiger partial charge on any atom is -0.469 e. The van der Waals surface area contributed by atoms with Crippen LogP contribution < -0.4 is 0 Å².